The second-order valence-corrected chi connectivity index (χ2v) is 8.52. The highest BCUT2D eigenvalue weighted by Gasteiger charge is 2.46. The number of rotatable bonds is 2. The molecule has 3 saturated heterocycles. The summed E-state index contributed by atoms with van der Waals surface area (Å²) in [6.45, 7) is 7.15. The number of fused-ring (bicyclic) bond motifs is 1. The van der Waals surface area contributed by atoms with Gasteiger partial charge in [-0.2, -0.15) is 0 Å². The Hall–Kier alpha value is -2.03. The van der Waals surface area contributed by atoms with Crippen LogP contribution in [0.2, 0.25) is 0 Å². The van der Waals surface area contributed by atoms with Gasteiger partial charge in [0.05, 0.1) is 12.1 Å². The van der Waals surface area contributed by atoms with Crippen molar-refractivity contribution in [1.29, 1.82) is 0 Å². The molecular weight excluding hydrogens is 352 g/mol. The molecule has 9 heteroatoms. The third-order valence-electron chi connectivity index (χ3n) is 5.47. The van der Waals surface area contributed by atoms with Gasteiger partial charge < -0.3 is 29.9 Å². The smallest absolute Gasteiger partial charge is 0.410 e. The Morgan fingerprint density at radius 3 is 2.37 bits per heavy atom. The van der Waals surface area contributed by atoms with Crippen molar-refractivity contribution in [2.75, 3.05) is 32.8 Å². The predicted molar refractivity (Wildman–Crippen MR) is 97.1 cm³/mol. The van der Waals surface area contributed by atoms with Crippen molar-refractivity contribution < 1.29 is 24.2 Å². The third-order valence-corrected chi connectivity index (χ3v) is 5.47. The second kappa shape index (κ2) is 7.53. The zero-order valence-corrected chi connectivity index (χ0v) is 16.3. The van der Waals surface area contributed by atoms with Crippen LogP contribution in [0.15, 0.2) is 0 Å². The number of amides is 4. The number of likely N-dealkylation sites (tertiary alicyclic amines) is 2. The van der Waals surface area contributed by atoms with E-state index in [2.05, 4.69) is 5.32 Å². The van der Waals surface area contributed by atoms with Crippen LogP contribution in [0.4, 0.5) is 9.59 Å². The van der Waals surface area contributed by atoms with E-state index < -0.39 is 12.2 Å². The van der Waals surface area contributed by atoms with Gasteiger partial charge in [-0.05, 0) is 40.0 Å². The summed E-state index contributed by atoms with van der Waals surface area (Å²) in [5, 5.41) is 12.0. The van der Waals surface area contributed by atoms with Gasteiger partial charge in [0.2, 0.25) is 5.91 Å². The minimum atomic E-state index is -0.518. The van der Waals surface area contributed by atoms with E-state index in [9.17, 15) is 14.4 Å². The highest BCUT2D eigenvalue weighted by molar-refractivity contribution is 5.80. The number of ether oxygens (including phenoxy) is 1. The molecule has 3 heterocycles. The Balaban J connectivity index is 1.56. The maximum atomic E-state index is 12.5. The Labute approximate surface area is 159 Å². The number of urea groups is 1. The van der Waals surface area contributed by atoms with Crippen LogP contribution in [0.25, 0.3) is 0 Å². The van der Waals surface area contributed by atoms with E-state index in [0.29, 0.717) is 32.6 Å². The van der Waals surface area contributed by atoms with Crippen LogP contribution in [-0.4, -0.2) is 94.4 Å². The van der Waals surface area contributed by atoms with Crippen molar-refractivity contribution in [3.05, 3.63) is 0 Å². The Morgan fingerprint density at radius 2 is 1.78 bits per heavy atom. The van der Waals surface area contributed by atoms with Crippen LogP contribution in [0.3, 0.4) is 0 Å². The molecule has 9 nitrogen and oxygen atoms in total. The van der Waals surface area contributed by atoms with Gasteiger partial charge in [0, 0.05) is 32.2 Å². The van der Waals surface area contributed by atoms with Gasteiger partial charge in [-0.25, -0.2) is 9.59 Å². The molecule has 0 aromatic heterocycles. The molecule has 3 aliphatic rings. The van der Waals surface area contributed by atoms with E-state index in [1.165, 1.54) is 0 Å². The molecule has 2 atom stereocenters. The number of piperidine rings is 2. The van der Waals surface area contributed by atoms with Crippen LogP contribution in [-0.2, 0) is 9.53 Å². The number of carbonyl (C=O) groups excluding carboxylic acids is 3. The van der Waals surface area contributed by atoms with Crippen molar-refractivity contribution in [3.8, 4) is 0 Å². The Kier molecular flexibility index (Phi) is 5.50. The summed E-state index contributed by atoms with van der Waals surface area (Å²) in [5.41, 5.74) is -0.518. The van der Waals surface area contributed by atoms with E-state index in [1.807, 2.05) is 25.7 Å². The lowest BCUT2D eigenvalue weighted by molar-refractivity contribution is -0.135. The molecule has 3 rings (SSSR count). The molecule has 3 fully saturated rings. The maximum Gasteiger partial charge on any atom is 0.410 e. The molecule has 2 unspecified atom stereocenters. The molecule has 4 amide bonds. The first-order valence-corrected chi connectivity index (χ1v) is 9.65. The lowest BCUT2D eigenvalue weighted by Gasteiger charge is -2.42. The molecule has 27 heavy (non-hydrogen) atoms. The number of aliphatic hydroxyl groups excluding tert-OH is 1. The van der Waals surface area contributed by atoms with Crippen molar-refractivity contribution in [1.82, 2.24) is 20.0 Å². The summed E-state index contributed by atoms with van der Waals surface area (Å²) in [5.74, 6) is -0.299. The summed E-state index contributed by atoms with van der Waals surface area (Å²) in [7, 11) is 0. The topological polar surface area (TPSA) is 102 Å². The van der Waals surface area contributed by atoms with Gasteiger partial charge in [-0.15, -0.1) is 0 Å². The largest absolute Gasteiger partial charge is 0.444 e. The Bertz CT molecular complexity index is 597. The highest BCUT2D eigenvalue weighted by Crippen LogP contribution is 2.29. The molecule has 0 aromatic rings. The zero-order valence-electron chi connectivity index (χ0n) is 16.3. The molecular formula is C18H30N4O5. The van der Waals surface area contributed by atoms with Gasteiger partial charge in [0.25, 0.3) is 0 Å². The average Bonchev–Trinajstić information content (AvgIpc) is 2.94. The van der Waals surface area contributed by atoms with Crippen molar-refractivity contribution >= 4 is 18.0 Å². The standard InChI is InChI=1S/C18H30N4O5/c1-18(2,3)27-17(26)20-7-4-12(5-8-20)22-14-6-9-21(15(24)11-23)10-13(14)19-16(22)25/h12-14,23H,4-11H2,1-3H3,(H,19,25). The number of nitrogens with zero attached hydrogens (tertiary/aromatic N) is 3. The summed E-state index contributed by atoms with van der Waals surface area (Å²) < 4.78 is 5.43. The van der Waals surface area contributed by atoms with E-state index in [0.717, 1.165) is 12.8 Å². The van der Waals surface area contributed by atoms with Crippen LogP contribution in [0.1, 0.15) is 40.0 Å². The molecule has 0 aliphatic carbocycles. The molecule has 0 bridgehead atoms. The molecule has 2 N–H and O–H groups in total. The van der Waals surface area contributed by atoms with Gasteiger partial charge in [0.15, 0.2) is 0 Å². The monoisotopic (exact) mass is 382 g/mol. The van der Waals surface area contributed by atoms with Gasteiger partial charge in [-0.1, -0.05) is 0 Å². The number of hydrogen-bond acceptors (Lipinski definition) is 5. The minimum absolute atomic E-state index is 0.0540. The number of nitrogens with one attached hydrogen (secondary N) is 1. The third kappa shape index (κ3) is 4.28. The molecule has 0 spiro atoms. The molecule has 0 saturated carbocycles. The fraction of sp³-hybridized carbons (Fsp3) is 0.833. The lowest BCUT2D eigenvalue weighted by Crippen LogP contribution is -2.56. The molecule has 3 aliphatic heterocycles. The SMILES string of the molecule is CC(C)(C)OC(=O)N1CCC(N2C(=O)NC3CN(C(=O)CO)CCC32)CC1. The van der Waals surface area contributed by atoms with E-state index in [4.69, 9.17) is 9.84 Å². The van der Waals surface area contributed by atoms with E-state index in [1.54, 1.807) is 9.80 Å². The Morgan fingerprint density at radius 1 is 1.15 bits per heavy atom. The van der Waals surface area contributed by atoms with Gasteiger partial charge >= 0.3 is 12.1 Å². The number of carbonyl (C=O) groups is 3. The van der Waals surface area contributed by atoms with Crippen LogP contribution in [0.5, 0.6) is 0 Å². The molecule has 0 aromatic carbocycles. The average molecular weight is 382 g/mol. The molecule has 152 valence electrons. The van der Waals surface area contributed by atoms with E-state index in [-0.39, 0.29) is 36.2 Å². The summed E-state index contributed by atoms with van der Waals surface area (Å²) in [4.78, 5) is 41.7. The van der Waals surface area contributed by atoms with Gasteiger partial charge in [0.1, 0.15) is 12.2 Å². The normalized spacial score (nSPS) is 26.7. The lowest BCUT2D eigenvalue weighted by atomic mass is 9.95. The van der Waals surface area contributed by atoms with Crippen molar-refractivity contribution in [2.45, 2.75) is 63.8 Å². The molecule has 0 radical (unpaired) electrons. The second-order valence-electron chi connectivity index (χ2n) is 8.52. The van der Waals surface area contributed by atoms with Crippen LogP contribution < -0.4 is 5.32 Å². The number of hydrogen-bond donors (Lipinski definition) is 2. The summed E-state index contributed by atoms with van der Waals surface area (Å²) >= 11 is 0. The first kappa shape index (κ1) is 19.7. The first-order chi connectivity index (χ1) is 12.7. The fourth-order valence-corrected chi connectivity index (χ4v) is 4.21. The van der Waals surface area contributed by atoms with Crippen molar-refractivity contribution in [2.24, 2.45) is 0 Å². The minimum Gasteiger partial charge on any atom is -0.444 e. The van der Waals surface area contributed by atoms with Gasteiger partial charge in [-0.3, -0.25) is 4.79 Å². The fourth-order valence-electron chi connectivity index (χ4n) is 4.21. The quantitative estimate of drug-likeness (QED) is 0.719. The first-order valence-electron chi connectivity index (χ1n) is 9.65. The summed E-state index contributed by atoms with van der Waals surface area (Å²) in [6.07, 6.45) is 1.83. The highest BCUT2D eigenvalue weighted by atomic mass is 16.6. The van der Waals surface area contributed by atoms with Crippen LogP contribution >= 0.6 is 0 Å². The summed E-state index contributed by atoms with van der Waals surface area (Å²) in [6, 6.07) is -0.0678. The van der Waals surface area contributed by atoms with E-state index >= 15 is 0 Å². The maximum absolute atomic E-state index is 12.5. The number of aliphatic hydroxyl groups is 1. The van der Waals surface area contributed by atoms with Crippen molar-refractivity contribution in [3.63, 3.8) is 0 Å². The zero-order chi connectivity index (χ0) is 19.8. The predicted octanol–water partition coefficient (Wildman–Crippen LogP) is 0.373. The van der Waals surface area contributed by atoms with Crippen LogP contribution in [0, 0.1) is 0 Å².